The average molecular weight is 412 g/mol. The van der Waals surface area contributed by atoms with E-state index in [1.807, 2.05) is 0 Å². The summed E-state index contributed by atoms with van der Waals surface area (Å²) in [6.07, 6.45) is 1.26. The Labute approximate surface area is 159 Å². The molecule has 1 unspecified atom stereocenters. The average Bonchev–Trinajstić information content (AvgIpc) is 3.16. The normalized spacial score (nSPS) is 21.6. The first-order valence-electron chi connectivity index (χ1n) is 7.37. The Bertz CT molecular complexity index is 852. The lowest BCUT2D eigenvalue weighted by Crippen LogP contribution is -2.69. The molecule has 1 saturated heterocycles. The molecule has 0 spiro atoms. The summed E-state index contributed by atoms with van der Waals surface area (Å²) < 4.78 is 0. The lowest BCUT2D eigenvalue weighted by molar-refractivity contribution is -0.144. The van der Waals surface area contributed by atoms with Crippen LogP contribution in [-0.2, 0) is 24.0 Å². The standard InChI is InChI=1S/C14H12N4O7S2/c19-8(20)2-25-17-9(7-4-26-5-15-7)11(21)16-10-12(22)18-1-6(14(23)24)3-27-13(10)18/h1,4-5,10,13H,2-3H2,(H,16,21)(H,19,20)(H,23,24)/t10?,13-/m1/s1. The van der Waals surface area contributed by atoms with Gasteiger partial charge in [-0.05, 0) is 0 Å². The van der Waals surface area contributed by atoms with E-state index >= 15 is 0 Å². The van der Waals surface area contributed by atoms with Gasteiger partial charge in [-0.3, -0.25) is 9.59 Å². The third-order valence-corrected chi connectivity index (χ3v) is 5.48. The molecule has 3 N–H and O–H groups in total. The number of nitrogens with one attached hydrogen (secondary N) is 1. The fourth-order valence-electron chi connectivity index (χ4n) is 2.33. The smallest absolute Gasteiger partial charge is 0.344 e. The van der Waals surface area contributed by atoms with Gasteiger partial charge in [-0.25, -0.2) is 14.6 Å². The molecule has 1 aromatic rings. The van der Waals surface area contributed by atoms with E-state index in [1.54, 1.807) is 0 Å². The largest absolute Gasteiger partial charge is 0.479 e. The predicted octanol–water partition coefficient (Wildman–Crippen LogP) is -0.683. The zero-order valence-corrected chi connectivity index (χ0v) is 15.0. The Morgan fingerprint density at radius 1 is 1.41 bits per heavy atom. The van der Waals surface area contributed by atoms with Gasteiger partial charge in [0, 0.05) is 17.3 Å². The second-order valence-electron chi connectivity index (χ2n) is 5.34. The van der Waals surface area contributed by atoms with Crippen LogP contribution >= 0.6 is 23.1 Å². The topological polar surface area (TPSA) is 158 Å². The summed E-state index contributed by atoms with van der Waals surface area (Å²) in [6, 6.07) is -0.864. The van der Waals surface area contributed by atoms with E-state index in [4.69, 9.17) is 10.2 Å². The lowest BCUT2D eigenvalue weighted by Gasteiger charge is -2.46. The molecule has 11 nitrogen and oxygen atoms in total. The Balaban J connectivity index is 1.71. The van der Waals surface area contributed by atoms with E-state index in [-0.39, 0.29) is 22.7 Å². The quantitative estimate of drug-likeness (QED) is 0.299. The van der Waals surface area contributed by atoms with E-state index in [1.165, 1.54) is 45.1 Å². The summed E-state index contributed by atoms with van der Waals surface area (Å²) in [7, 11) is 0. The highest BCUT2D eigenvalue weighted by Gasteiger charge is 2.50. The molecule has 1 fully saturated rings. The monoisotopic (exact) mass is 412 g/mol. The number of hydrogen-bond donors (Lipinski definition) is 3. The van der Waals surface area contributed by atoms with Crippen molar-refractivity contribution in [3.63, 3.8) is 0 Å². The van der Waals surface area contributed by atoms with Crippen molar-refractivity contribution in [2.75, 3.05) is 12.4 Å². The second kappa shape index (κ2) is 7.75. The molecule has 0 saturated carbocycles. The summed E-state index contributed by atoms with van der Waals surface area (Å²) in [4.78, 5) is 56.1. The molecule has 0 radical (unpaired) electrons. The number of amides is 2. The van der Waals surface area contributed by atoms with Gasteiger partial charge in [0.05, 0.1) is 11.1 Å². The molecule has 2 aliphatic rings. The van der Waals surface area contributed by atoms with Crippen LogP contribution in [-0.4, -0.2) is 73.3 Å². The Kier molecular flexibility index (Phi) is 5.41. The van der Waals surface area contributed by atoms with Gasteiger partial charge in [0.25, 0.3) is 11.8 Å². The molecule has 0 bridgehead atoms. The highest BCUT2D eigenvalue weighted by atomic mass is 32.2. The van der Waals surface area contributed by atoms with Gasteiger partial charge in [0.15, 0.2) is 5.71 Å². The fraction of sp³-hybridized carbons (Fsp3) is 0.286. The fourth-order valence-corrected chi connectivity index (χ4v) is 4.11. The van der Waals surface area contributed by atoms with Crippen molar-refractivity contribution in [3.8, 4) is 0 Å². The number of thiazole rings is 1. The van der Waals surface area contributed by atoms with Gasteiger partial charge in [0.2, 0.25) is 6.61 Å². The summed E-state index contributed by atoms with van der Waals surface area (Å²) in [5.41, 5.74) is 1.48. The van der Waals surface area contributed by atoms with Crippen molar-refractivity contribution in [3.05, 3.63) is 28.4 Å². The number of carboxylic acids is 2. The van der Waals surface area contributed by atoms with Crippen molar-refractivity contribution in [2.45, 2.75) is 11.4 Å². The van der Waals surface area contributed by atoms with Gasteiger partial charge < -0.3 is 25.3 Å². The van der Waals surface area contributed by atoms with Crippen molar-refractivity contribution < 1.29 is 34.2 Å². The highest BCUT2D eigenvalue weighted by molar-refractivity contribution is 8.00. The van der Waals surface area contributed by atoms with Crippen LogP contribution in [0.25, 0.3) is 0 Å². The summed E-state index contributed by atoms with van der Waals surface area (Å²) >= 11 is 2.41. The number of nitrogens with zero attached hydrogens (tertiary/aromatic N) is 3. The van der Waals surface area contributed by atoms with Crippen molar-refractivity contribution in [1.29, 1.82) is 0 Å². The van der Waals surface area contributed by atoms with E-state index in [9.17, 15) is 19.2 Å². The first-order valence-corrected chi connectivity index (χ1v) is 9.36. The maximum atomic E-state index is 12.5. The summed E-state index contributed by atoms with van der Waals surface area (Å²) in [5.74, 6) is -3.37. The molecule has 13 heteroatoms. The van der Waals surface area contributed by atoms with Crippen molar-refractivity contribution >= 4 is 52.6 Å². The third-order valence-electron chi connectivity index (χ3n) is 3.58. The van der Waals surface area contributed by atoms with E-state index < -0.39 is 41.8 Å². The van der Waals surface area contributed by atoms with Gasteiger partial charge in [-0.1, -0.05) is 5.16 Å². The molecule has 2 aliphatic heterocycles. The van der Waals surface area contributed by atoms with Crippen LogP contribution < -0.4 is 5.32 Å². The van der Waals surface area contributed by atoms with Gasteiger partial charge in [0.1, 0.15) is 17.1 Å². The van der Waals surface area contributed by atoms with Crippen LogP contribution in [0.2, 0.25) is 0 Å². The number of carboxylic acid groups (broad SMARTS) is 2. The number of fused-ring (bicyclic) bond motifs is 1. The lowest BCUT2D eigenvalue weighted by atomic mass is 10.1. The minimum atomic E-state index is -1.26. The minimum absolute atomic E-state index is 0.0983. The zero-order chi connectivity index (χ0) is 19.6. The molecule has 3 heterocycles. The molecule has 142 valence electrons. The van der Waals surface area contributed by atoms with Crippen LogP contribution in [0.5, 0.6) is 0 Å². The number of thioether (sulfide) groups is 1. The van der Waals surface area contributed by atoms with Crippen LogP contribution in [0.15, 0.2) is 27.8 Å². The van der Waals surface area contributed by atoms with E-state index in [0.29, 0.717) is 0 Å². The Morgan fingerprint density at radius 2 is 2.19 bits per heavy atom. The van der Waals surface area contributed by atoms with Gasteiger partial charge in [-0.15, -0.1) is 23.1 Å². The van der Waals surface area contributed by atoms with Crippen molar-refractivity contribution in [2.24, 2.45) is 5.16 Å². The predicted molar refractivity (Wildman–Crippen MR) is 93.0 cm³/mol. The third kappa shape index (κ3) is 3.93. The highest BCUT2D eigenvalue weighted by Crippen LogP contribution is 2.36. The molecular weight excluding hydrogens is 400 g/mol. The maximum absolute atomic E-state index is 12.5. The second-order valence-corrected chi connectivity index (χ2v) is 7.16. The first kappa shape index (κ1) is 18.8. The molecule has 2 amide bonds. The molecule has 0 aliphatic carbocycles. The van der Waals surface area contributed by atoms with Crippen molar-refractivity contribution in [1.82, 2.24) is 15.2 Å². The number of carbonyl (C=O) groups is 4. The molecular formula is C14H12N4O7S2. The number of aromatic nitrogens is 1. The molecule has 0 aromatic carbocycles. The first-order chi connectivity index (χ1) is 12.9. The zero-order valence-electron chi connectivity index (χ0n) is 13.4. The number of β-lactam (4-membered cyclic amide) rings is 1. The Hall–Kier alpha value is -2.93. The molecule has 1 aromatic heterocycles. The summed E-state index contributed by atoms with van der Waals surface area (Å²) in [6.45, 7) is -0.738. The number of rotatable bonds is 7. The van der Waals surface area contributed by atoms with Crippen LogP contribution in [0.4, 0.5) is 0 Å². The Morgan fingerprint density at radius 3 is 2.81 bits per heavy atom. The van der Waals surface area contributed by atoms with Gasteiger partial charge >= 0.3 is 11.9 Å². The number of aliphatic carboxylic acids is 2. The molecule has 2 atom stereocenters. The van der Waals surface area contributed by atoms with Gasteiger partial charge in [-0.2, -0.15) is 0 Å². The maximum Gasteiger partial charge on any atom is 0.344 e. The van der Waals surface area contributed by atoms with Crippen LogP contribution in [0.1, 0.15) is 5.69 Å². The molecule has 3 rings (SSSR count). The van der Waals surface area contributed by atoms with E-state index in [2.05, 4.69) is 20.3 Å². The number of hydrogen-bond acceptors (Lipinski definition) is 9. The van der Waals surface area contributed by atoms with E-state index in [0.717, 1.165) is 0 Å². The van der Waals surface area contributed by atoms with Crippen LogP contribution in [0.3, 0.4) is 0 Å². The molecule has 27 heavy (non-hydrogen) atoms. The SMILES string of the molecule is O=C(O)CON=C(C(=O)NC1C(=O)N2C=C(C(=O)O)CS[C@H]12)c1cscn1. The summed E-state index contributed by atoms with van der Waals surface area (Å²) in [5, 5.41) is 24.7. The number of oxime groups is 1. The van der Waals surface area contributed by atoms with Crippen LogP contribution in [0, 0.1) is 0 Å². The minimum Gasteiger partial charge on any atom is -0.479 e. The number of carbonyl (C=O) groups excluding carboxylic acids is 2.